The van der Waals surface area contributed by atoms with Crippen LogP contribution in [0.5, 0.6) is 0 Å². The summed E-state index contributed by atoms with van der Waals surface area (Å²) in [6.45, 7) is -0.216. The summed E-state index contributed by atoms with van der Waals surface area (Å²) in [5.74, 6) is -0.638. The zero-order chi connectivity index (χ0) is 23.2. The van der Waals surface area contributed by atoms with Crippen LogP contribution in [-0.2, 0) is 6.52 Å². The van der Waals surface area contributed by atoms with Crippen LogP contribution in [0.4, 0.5) is 10.2 Å². The van der Waals surface area contributed by atoms with Crippen molar-refractivity contribution in [3.05, 3.63) is 51.8 Å². The van der Waals surface area contributed by atoms with E-state index in [4.69, 9.17) is 23.8 Å². The first kappa shape index (κ1) is 13.0. The van der Waals surface area contributed by atoms with Gasteiger partial charge >= 0.3 is 0 Å². The summed E-state index contributed by atoms with van der Waals surface area (Å²) in [5, 5.41) is 10.2. The fraction of sp³-hybridized carbons (Fsp3) is 0.316. The van der Waals surface area contributed by atoms with Gasteiger partial charge in [-0.1, -0.05) is 17.7 Å². The summed E-state index contributed by atoms with van der Waals surface area (Å²) in [6.07, 6.45) is 0.0734. The van der Waals surface area contributed by atoms with Gasteiger partial charge in [-0.2, -0.15) is 5.26 Å². The van der Waals surface area contributed by atoms with Gasteiger partial charge in [-0.05, 0) is 36.6 Å². The van der Waals surface area contributed by atoms with Gasteiger partial charge < -0.3 is 5.31 Å². The minimum atomic E-state index is -1.40. The number of benzene rings is 1. The van der Waals surface area contributed by atoms with Crippen LogP contribution < -0.4 is 5.31 Å². The lowest BCUT2D eigenvalue weighted by Crippen LogP contribution is -2.38. The maximum atomic E-state index is 13.6. The molecule has 1 N–H and O–H groups in total. The number of anilines is 1. The van der Waals surface area contributed by atoms with E-state index in [1.54, 1.807) is 11.0 Å². The molecule has 4 rings (SSSR count). The van der Waals surface area contributed by atoms with Crippen molar-refractivity contribution in [2.45, 2.75) is 25.4 Å². The van der Waals surface area contributed by atoms with Crippen molar-refractivity contribution < 1.29 is 11.3 Å². The Morgan fingerprint density at radius 2 is 2.33 bits per heavy atom. The van der Waals surface area contributed by atoms with E-state index in [0.29, 0.717) is 23.5 Å². The van der Waals surface area contributed by atoms with Gasteiger partial charge in [-0.15, -0.1) is 11.3 Å². The lowest BCUT2D eigenvalue weighted by atomic mass is 10.0. The molecule has 1 aliphatic rings. The van der Waals surface area contributed by atoms with E-state index in [9.17, 15) is 4.39 Å². The highest BCUT2D eigenvalue weighted by molar-refractivity contribution is 7.22. The number of aromatic nitrogens is 2. The number of thiophene rings is 1. The summed E-state index contributed by atoms with van der Waals surface area (Å²) in [4.78, 5) is 10.1. The number of piperidine rings is 1. The number of hydrogen-bond acceptors (Lipinski definition) is 6. The Labute approximate surface area is 172 Å². The van der Waals surface area contributed by atoms with E-state index in [-0.39, 0.29) is 46.3 Å². The standard InChI is InChI=1S/C19H17ClFN5S/c20-17-8-15-18(23-11-24-19(15)27-17)25-14-3-5-26(6-4-14)10-12-1-2-16(21)13(7-12)9-22/h1-2,7-8,11,14H,3-6,10H2,(H,23,24,25)/i8D,10D,11D,14D/hD. The zero-order valence-electron chi connectivity index (χ0n) is 19.0. The molecule has 0 spiro atoms. The van der Waals surface area contributed by atoms with Crippen LogP contribution in [0.15, 0.2) is 30.5 Å². The highest BCUT2D eigenvalue weighted by Gasteiger charge is 2.21. The van der Waals surface area contributed by atoms with Crippen LogP contribution >= 0.6 is 22.9 Å². The van der Waals surface area contributed by atoms with Crippen molar-refractivity contribution in [2.75, 3.05) is 18.4 Å². The smallest absolute Gasteiger partial charge is 0.162 e. The van der Waals surface area contributed by atoms with Crippen molar-refractivity contribution >= 4 is 39.0 Å². The Balaban J connectivity index is 1.56. The molecule has 0 bridgehead atoms. The molecule has 1 fully saturated rings. The molecule has 27 heavy (non-hydrogen) atoms. The first-order valence-corrected chi connectivity index (χ1v) is 9.42. The van der Waals surface area contributed by atoms with E-state index in [1.165, 1.54) is 18.2 Å². The summed E-state index contributed by atoms with van der Waals surface area (Å²) >= 11 is 7.08. The van der Waals surface area contributed by atoms with Gasteiger partial charge in [-0.25, -0.2) is 14.4 Å². The van der Waals surface area contributed by atoms with Gasteiger partial charge in [0.15, 0.2) is 1.41 Å². The maximum absolute atomic E-state index is 13.6. The molecule has 138 valence electrons. The monoisotopic (exact) mass is 406 g/mol. The van der Waals surface area contributed by atoms with Crippen molar-refractivity contribution in [3.8, 4) is 6.07 Å². The third kappa shape index (κ3) is 4.03. The lowest BCUT2D eigenvalue weighted by molar-refractivity contribution is 0.211. The first-order chi connectivity index (χ1) is 15.1. The molecule has 1 atom stereocenters. The molecular weight excluding hydrogens is 385 g/mol. The topological polar surface area (TPSA) is 64.8 Å². The molecule has 3 heterocycles. The molecular formula is C19H17ClFN5S. The SMILES string of the molecule is [2H]c1nc(N([2H])C2([2H])CCN(C([2H])c3ccc(F)c(C#N)c3)CC2)c2c([2H])c(Cl)sc2n1. The highest BCUT2D eigenvalue weighted by Crippen LogP contribution is 2.32. The van der Waals surface area contributed by atoms with Crippen LogP contribution in [0.25, 0.3) is 10.2 Å². The first-order valence-electron chi connectivity index (χ1n) is 10.8. The molecule has 0 radical (unpaired) electrons. The van der Waals surface area contributed by atoms with E-state index in [1.807, 2.05) is 0 Å². The van der Waals surface area contributed by atoms with Crippen LogP contribution in [0.3, 0.4) is 0 Å². The summed E-state index contributed by atoms with van der Waals surface area (Å²) in [5.41, 5.74) is 0.356. The molecule has 0 saturated carbocycles. The Bertz CT molecular complexity index is 1230. The normalized spacial score (nSPS) is 20.7. The third-order valence-corrected chi connectivity index (χ3v) is 5.33. The lowest BCUT2D eigenvalue weighted by Gasteiger charge is -2.32. The molecule has 0 amide bonds. The Kier molecular flexibility index (Phi) is 3.74. The van der Waals surface area contributed by atoms with Crippen LogP contribution in [0, 0.1) is 17.1 Å². The van der Waals surface area contributed by atoms with Gasteiger partial charge in [0.2, 0.25) is 0 Å². The van der Waals surface area contributed by atoms with Crippen LogP contribution in [0.1, 0.15) is 29.5 Å². The fourth-order valence-electron chi connectivity index (χ4n) is 2.89. The Morgan fingerprint density at radius 3 is 3.11 bits per heavy atom. The van der Waals surface area contributed by atoms with E-state index < -0.39 is 18.4 Å². The molecule has 0 aliphatic carbocycles. The van der Waals surface area contributed by atoms with Gasteiger partial charge in [-0.3, -0.25) is 4.90 Å². The Hall–Kier alpha value is -2.27. The molecule has 3 aromatic rings. The van der Waals surface area contributed by atoms with E-state index >= 15 is 0 Å². The summed E-state index contributed by atoms with van der Waals surface area (Å²) in [7, 11) is 0. The highest BCUT2D eigenvalue weighted by atomic mass is 35.5. The van der Waals surface area contributed by atoms with Crippen molar-refractivity contribution in [2.24, 2.45) is 0 Å². The number of hydrogen-bond donors (Lipinski definition) is 1. The minimum absolute atomic E-state index is 0.00350. The van der Waals surface area contributed by atoms with E-state index in [0.717, 1.165) is 16.6 Å². The predicted molar refractivity (Wildman–Crippen MR) is 105 cm³/mol. The van der Waals surface area contributed by atoms with Gasteiger partial charge in [0.1, 0.15) is 30.2 Å². The van der Waals surface area contributed by atoms with Gasteiger partial charge in [0.05, 0.1) is 18.0 Å². The van der Waals surface area contributed by atoms with Gasteiger partial charge in [0.25, 0.3) is 0 Å². The predicted octanol–water partition coefficient (Wildman–Crippen LogP) is 4.43. The van der Waals surface area contributed by atoms with Gasteiger partial charge in [0, 0.05) is 27.0 Å². The second-order valence-corrected chi connectivity index (χ2v) is 7.62. The molecule has 8 heteroatoms. The third-order valence-electron chi connectivity index (χ3n) is 4.24. The molecule has 2 aromatic heterocycles. The quantitative estimate of drug-likeness (QED) is 0.694. The molecule has 1 aliphatic heterocycles. The number of likely N-dealkylation sites (tertiary alicyclic amines) is 1. The van der Waals surface area contributed by atoms with E-state index in [2.05, 4.69) is 9.97 Å². The molecule has 5 nitrogen and oxygen atoms in total. The largest absolute Gasteiger partial charge is 0.367 e. The number of nitrogens with one attached hydrogen (secondary N) is 1. The Morgan fingerprint density at radius 1 is 1.52 bits per heavy atom. The fourth-order valence-corrected chi connectivity index (χ4v) is 3.86. The second-order valence-electron chi connectivity index (χ2n) is 6.02. The number of nitrogens with zero attached hydrogens (tertiary/aromatic N) is 4. The summed E-state index contributed by atoms with van der Waals surface area (Å²) < 4.78 is 55.7. The minimum Gasteiger partial charge on any atom is -0.367 e. The maximum Gasteiger partial charge on any atom is 0.162 e. The van der Waals surface area contributed by atoms with Crippen LogP contribution in [-0.4, -0.2) is 34.0 Å². The van der Waals surface area contributed by atoms with Crippen molar-refractivity contribution in [1.29, 1.82) is 5.26 Å². The number of rotatable bonds is 4. The zero-order valence-corrected chi connectivity index (χ0v) is 15.6. The average molecular weight is 407 g/mol. The summed E-state index contributed by atoms with van der Waals surface area (Å²) in [6, 6.07) is 4.34. The van der Waals surface area contributed by atoms with Crippen molar-refractivity contribution in [1.82, 2.24) is 14.9 Å². The average Bonchev–Trinajstić information content (AvgIpc) is 3.06. The molecule has 1 aromatic carbocycles. The number of halogens is 2. The molecule has 1 saturated heterocycles. The second kappa shape index (κ2) is 7.77. The number of fused-ring (bicyclic) bond motifs is 1. The van der Waals surface area contributed by atoms with Crippen molar-refractivity contribution in [3.63, 3.8) is 0 Å². The number of nitriles is 1. The van der Waals surface area contributed by atoms with Crippen LogP contribution in [0.2, 0.25) is 5.75 Å². The molecule has 1 unspecified atom stereocenters.